The van der Waals surface area contributed by atoms with E-state index in [1.54, 1.807) is 13.8 Å². The first-order valence-electron chi connectivity index (χ1n) is 8.55. The fourth-order valence-electron chi connectivity index (χ4n) is 2.65. The summed E-state index contributed by atoms with van der Waals surface area (Å²) in [6.45, 7) is 8.66. The quantitative estimate of drug-likeness (QED) is 0.570. The van der Waals surface area contributed by atoms with E-state index in [2.05, 4.69) is 5.32 Å². The molecule has 0 unspecified atom stereocenters. The minimum Gasteiger partial charge on any atom is -0.483 e. The maximum absolute atomic E-state index is 12.3. The summed E-state index contributed by atoms with van der Waals surface area (Å²) < 4.78 is 10.6. The Balaban J connectivity index is 2.17. The molecule has 1 N–H and O–H groups in total. The molecular weight excluding hydrogens is 366 g/mol. The molecule has 0 bridgehead atoms. The lowest BCUT2D eigenvalue weighted by molar-refractivity contribution is -0.118. The van der Waals surface area contributed by atoms with Gasteiger partial charge in [-0.2, -0.15) is 0 Å². The Morgan fingerprint density at radius 3 is 2.44 bits per heavy atom. The number of aryl methyl sites for hydroxylation is 2. The van der Waals surface area contributed by atoms with Gasteiger partial charge in [-0.1, -0.05) is 17.7 Å². The molecule has 6 nitrogen and oxygen atoms in total. The number of thiophene rings is 1. The third-order valence-corrected chi connectivity index (χ3v) is 5.20. The molecule has 0 aliphatic heterocycles. The molecule has 0 aliphatic rings. The van der Waals surface area contributed by atoms with Gasteiger partial charge in [0.1, 0.15) is 10.8 Å². The monoisotopic (exact) mass is 389 g/mol. The van der Waals surface area contributed by atoms with Gasteiger partial charge in [0.25, 0.3) is 5.91 Å². The molecule has 0 radical (unpaired) electrons. The number of anilines is 1. The summed E-state index contributed by atoms with van der Waals surface area (Å²) in [5, 5.41) is 2.97. The van der Waals surface area contributed by atoms with Gasteiger partial charge in [0.15, 0.2) is 12.4 Å². The summed E-state index contributed by atoms with van der Waals surface area (Å²) in [7, 11) is 0. The van der Waals surface area contributed by atoms with E-state index in [-0.39, 0.29) is 24.6 Å². The number of benzene rings is 1. The van der Waals surface area contributed by atoms with Crippen LogP contribution in [0.1, 0.15) is 50.6 Å². The van der Waals surface area contributed by atoms with Crippen LogP contribution in [0.15, 0.2) is 18.2 Å². The molecule has 0 aliphatic carbocycles. The van der Waals surface area contributed by atoms with Crippen LogP contribution < -0.4 is 10.1 Å². The van der Waals surface area contributed by atoms with Crippen LogP contribution in [-0.2, 0) is 9.53 Å². The number of ketones is 1. The number of nitrogens with one attached hydrogen (secondary N) is 1. The molecule has 1 aromatic carbocycles. The van der Waals surface area contributed by atoms with Gasteiger partial charge >= 0.3 is 5.97 Å². The van der Waals surface area contributed by atoms with Crippen molar-refractivity contribution in [3.8, 4) is 5.75 Å². The van der Waals surface area contributed by atoms with Crippen LogP contribution in [0.4, 0.5) is 5.00 Å². The van der Waals surface area contributed by atoms with Gasteiger partial charge in [-0.05, 0) is 51.8 Å². The van der Waals surface area contributed by atoms with Crippen molar-refractivity contribution in [3.63, 3.8) is 0 Å². The topological polar surface area (TPSA) is 81.7 Å². The third-order valence-electron chi connectivity index (χ3n) is 3.89. The second-order valence-corrected chi connectivity index (χ2v) is 7.16. The molecule has 1 amide bonds. The molecule has 2 rings (SSSR count). The van der Waals surface area contributed by atoms with Crippen LogP contribution in [-0.4, -0.2) is 30.9 Å². The fourth-order valence-corrected chi connectivity index (χ4v) is 3.76. The SMILES string of the molecule is CCOC(=O)c1c(NC(=O)COc2ccc(C)cc2C)sc(C(C)=O)c1C. The van der Waals surface area contributed by atoms with E-state index in [1.807, 2.05) is 32.0 Å². The van der Waals surface area contributed by atoms with Gasteiger partial charge in [0, 0.05) is 0 Å². The van der Waals surface area contributed by atoms with Gasteiger partial charge in [0.2, 0.25) is 0 Å². The van der Waals surface area contributed by atoms with E-state index in [9.17, 15) is 14.4 Å². The first kappa shape index (κ1) is 20.6. The van der Waals surface area contributed by atoms with Crippen molar-refractivity contribution >= 4 is 34.0 Å². The minimum atomic E-state index is -0.565. The molecule has 1 aromatic heterocycles. The zero-order valence-electron chi connectivity index (χ0n) is 16.1. The second-order valence-electron chi connectivity index (χ2n) is 6.14. The van der Waals surface area contributed by atoms with Gasteiger partial charge in [-0.15, -0.1) is 11.3 Å². The molecule has 7 heteroatoms. The normalized spacial score (nSPS) is 10.4. The van der Waals surface area contributed by atoms with Gasteiger partial charge in [-0.3, -0.25) is 9.59 Å². The Kier molecular flexibility index (Phi) is 6.74. The predicted octanol–water partition coefficient (Wildman–Crippen LogP) is 4.07. The van der Waals surface area contributed by atoms with Gasteiger partial charge in [-0.25, -0.2) is 4.79 Å². The summed E-state index contributed by atoms with van der Waals surface area (Å²) in [6.07, 6.45) is 0. The Labute approximate surface area is 162 Å². The smallest absolute Gasteiger partial charge is 0.341 e. The molecule has 2 aromatic rings. The standard InChI is InChI=1S/C20H23NO5S/c1-6-25-20(24)17-13(4)18(14(5)22)27-19(17)21-16(23)10-26-15-8-7-11(2)9-12(15)3/h7-9H,6,10H2,1-5H3,(H,21,23). The zero-order chi connectivity index (χ0) is 20.1. The third kappa shape index (κ3) is 4.95. The van der Waals surface area contributed by atoms with Crippen molar-refractivity contribution in [2.24, 2.45) is 0 Å². The van der Waals surface area contributed by atoms with Gasteiger partial charge < -0.3 is 14.8 Å². The second kappa shape index (κ2) is 8.81. The molecule has 0 spiro atoms. The fraction of sp³-hybridized carbons (Fsp3) is 0.350. The van der Waals surface area contributed by atoms with Crippen molar-refractivity contribution in [1.29, 1.82) is 0 Å². The highest BCUT2D eigenvalue weighted by Crippen LogP contribution is 2.34. The largest absolute Gasteiger partial charge is 0.483 e. The number of amides is 1. The summed E-state index contributed by atoms with van der Waals surface area (Å²) in [6, 6.07) is 5.68. The summed E-state index contributed by atoms with van der Waals surface area (Å²) in [4.78, 5) is 36.8. The summed E-state index contributed by atoms with van der Waals surface area (Å²) in [5.41, 5.74) is 2.76. The van der Waals surface area contributed by atoms with Crippen LogP contribution in [0, 0.1) is 20.8 Å². The first-order chi connectivity index (χ1) is 12.7. The number of carbonyl (C=O) groups excluding carboxylic acids is 3. The van der Waals surface area contributed by atoms with Crippen LogP contribution in [0.25, 0.3) is 0 Å². The molecule has 27 heavy (non-hydrogen) atoms. The van der Waals surface area contributed by atoms with Crippen LogP contribution >= 0.6 is 11.3 Å². The maximum atomic E-state index is 12.3. The lowest BCUT2D eigenvalue weighted by Crippen LogP contribution is -2.21. The molecule has 0 saturated carbocycles. The lowest BCUT2D eigenvalue weighted by Gasteiger charge is -2.10. The highest BCUT2D eigenvalue weighted by Gasteiger charge is 2.25. The van der Waals surface area contributed by atoms with E-state index >= 15 is 0 Å². The van der Waals surface area contributed by atoms with Crippen molar-refractivity contribution in [3.05, 3.63) is 45.3 Å². The van der Waals surface area contributed by atoms with Crippen LogP contribution in [0.2, 0.25) is 0 Å². The average molecular weight is 389 g/mol. The Hall–Kier alpha value is -2.67. The van der Waals surface area contributed by atoms with Gasteiger partial charge in [0.05, 0.1) is 17.0 Å². The molecule has 0 atom stereocenters. The van der Waals surface area contributed by atoms with Crippen molar-refractivity contribution < 1.29 is 23.9 Å². The average Bonchev–Trinajstić information content (AvgIpc) is 2.90. The van der Waals surface area contributed by atoms with Crippen molar-refractivity contribution in [2.45, 2.75) is 34.6 Å². The van der Waals surface area contributed by atoms with Crippen molar-refractivity contribution in [2.75, 3.05) is 18.5 Å². The van der Waals surface area contributed by atoms with E-state index < -0.39 is 11.9 Å². The highest BCUT2D eigenvalue weighted by molar-refractivity contribution is 7.18. The summed E-state index contributed by atoms with van der Waals surface area (Å²) >= 11 is 1.07. The number of hydrogen-bond donors (Lipinski definition) is 1. The number of carbonyl (C=O) groups is 3. The Bertz CT molecular complexity index is 885. The number of Topliss-reactive ketones (excluding diaryl/α,β-unsaturated/α-hetero) is 1. The Morgan fingerprint density at radius 1 is 1.15 bits per heavy atom. The maximum Gasteiger partial charge on any atom is 0.341 e. The van der Waals surface area contributed by atoms with E-state index in [1.165, 1.54) is 6.92 Å². The predicted molar refractivity (Wildman–Crippen MR) is 105 cm³/mol. The van der Waals surface area contributed by atoms with E-state index in [0.717, 1.165) is 22.5 Å². The molecular formula is C20H23NO5S. The zero-order valence-corrected chi connectivity index (χ0v) is 16.9. The molecule has 1 heterocycles. The van der Waals surface area contributed by atoms with E-state index in [4.69, 9.17) is 9.47 Å². The molecule has 0 fully saturated rings. The first-order valence-corrected chi connectivity index (χ1v) is 9.37. The Morgan fingerprint density at radius 2 is 1.85 bits per heavy atom. The van der Waals surface area contributed by atoms with E-state index in [0.29, 0.717) is 21.2 Å². The highest BCUT2D eigenvalue weighted by atomic mass is 32.1. The molecule has 0 saturated heterocycles. The number of hydrogen-bond acceptors (Lipinski definition) is 6. The van der Waals surface area contributed by atoms with Crippen molar-refractivity contribution in [1.82, 2.24) is 0 Å². The van der Waals surface area contributed by atoms with Crippen LogP contribution in [0.5, 0.6) is 5.75 Å². The number of ether oxygens (including phenoxy) is 2. The summed E-state index contributed by atoms with van der Waals surface area (Å²) in [5.74, 6) is -0.538. The lowest BCUT2D eigenvalue weighted by atomic mass is 10.1. The minimum absolute atomic E-state index is 0.171. The molecule has 144 valence electrons. The number of esters is 1. The number of rotatable bonds is 7. The van der Waals surface area contributed by atoms with Crippen LogP contribution in [0.3, 0.4) is 0 Å².